The molecular formula is C24H26N4O2. The molecule has 1 N–H and O–H groups in total. The highest BCUT2D eigenvalue weighted by atomic mass is 16.5. The Balaban J connectivity index is 1.44. The molecule has 1 aromatic carbocycles. The van der Waals surface area contributed by atoms with Crippen molar-refractivity contribution in [2.75, 3.05) is 18.4 Å². The largest absolute Gasteiger partial charge is 0.439 e. The number of likely N-dealkylation sites (tertiary alicyclic amines) is 1. The third-order valence-electron chi connectivity index (χ3n) is 5.41. The zero-order valence-electron chi connectivity index (χ0n) is 17.3. The average molecular weight is 402 g/mol. The Morgan fingerprint density at radius 2 is 1.83 bits per heavy atom. The van der Waals surface area contributed by atoms with Gasteiger partial charge in [0.15, 0.2) is 0 Å². The van der Waals surface area contributed by atoms with Gasteiger partial charge in [0.25, 0.3) is 0 Å². The number of benzene rings is 1. The van der Waals surface area contributed by atoms with Crippen LogP contribution in [0.3, 0.4) is 0 Å². The number of aryl methyl sites for hydroxylation is 1. The van der Waals surface area contributed by atoms with Gasteiger partial charge in [-0.05, 0) is 68.1 Å². The van der Waals surface area contributed by atoms with Gasteiger partial charge in [0, 0.05) is 43.2 Å². The number of piperidine rings is 1. The third kappa shape index (κ3) is 4.76. The predicted octanol–water partition coefficient (Wildman–Crippen LogP) is 5.05. The van der Waals surface area contributed by atoms with Gasteiger partial charge in [-0.15, -0.1) is 0 Å². The van der Waals surface area contributed by atoms with Crippen molar-refractivity contribution < 1.29 is 9.53 Å². The number of carbonyl (C=O) groups is 1. The number of pyridine rings is 2. The van der Waals surface area contributed by atoms with E-state index in [-0.39, 0.29) is 5.91 Å². The minimum absolute atomic E-state index is 0.144. The van der Waals surface area contributed by atoms with E-state index in [0.29, 0.717) is 11.8 Å². The molecule has 6 nitrogen and oxygen atoms in total. The standard InChI is InChI=1S/C24H26N4O2/c1-17-5-3-7-23(26-17)27-20-8-10-21(11-9-20)30-24-22(6-4-14-25-24)19-12-15-28(16-13-19)18(2)29/h3-11,14,19H,12-13,15-16H2,1-2H3,(H,26,27). The van der Waals surface area contributed by atoms with Crippen LogP contribution in [0.5, 0.6) is 11.6 Å². The smallest absolute Gasteiger partial charge is 0.222 e. The summed E-state index contributed by atoms with van der Waals surface area (Å²) < 4.78 is 6.13. The number of hydrogen-bond acceptors (Lipinski definition) is 5. The Bertz CT molecular complexity index is 1010. The van der Waals surface area contributed by atoms with Crippen molar-refractivity contribution in [1.82, 2.24) is 14.9 Å². The second-order valence-corrected chi connectivity index (χ2v) is 7.59. The number of anilines is 2. The van der Waals surface area contributed by atoms with Crippen LogP contribution in [0.2, 0.25) is 0 Å². The van der Waals surface area contributed by atoms with Crippen LogP contribution in [0.1, 0.15) is 36.9 Å². The Kier molecular flexibility index (Phi) is 5.93. The van der Waals surface area contributed by atoms with Crippen molar-refractivity contribution in [3.63, 3.8) is 0 Å². The summed E-state index contributed by atoms with van der Waals surface area (Å²) in [6.07, 6.45) is 3.60. The molecule has 2 aromatic heterocycles. The molecule has 0 saturated carbocycles. The highest BCUT2D eigenvalue weighted by Gasteiger charge is 2.24. The summed E-state index contributed by atoms with van der Waals surface area (Å²) in [5.41, 5.74) is 3.02. The molecule has 30 heavy (non-hydrogen) atoms. The van der Waals surface area contributed by atoms with E-state index in [9.17, 15) is 4.79 Å². The summed E-state index contributed by atoms with van der Waals surface area (Å²) in [4.78, 5) is 22.4. The first-order valence-electron chi connectivity index (χ1n) is 10.3. The molecule has 1 aliphatic heterocycles. The van der Waals surface area contributed by atoms with E-state index in [1.165, 1.54) is 0 Å². The van der Waals surface area contributed by atoms with E-state index in [0.717, 1.165) is 54.4 Å². The van der Waals surface area contributed by atoms with Crippen LogP contribution in [-0.4, -0.2) is 33.9 Å². The molecule has 4 rings (SSSR count). The van der Waals surface area contributed by atoms with Crippen molar-refractivity contribution in [3.05, 3.63) is 72.1 Å². The van der Waals surface area contributed by atoms with Crippen molar-refractivity contribution in [1.29, 1.82) is 0 Å². The van der Waals surface area contributed by atoms with Gasteiger partial charge in [0.05, 0.1) is 0 Å². The number of carbonyl (C=O) groups excluding carboxylic acids is 1. The quantitative estimate of drug-likeness (QED) is 0.647. The highest BCUT2D eigenvalue weighted by molar-refractivity contribution is 5.73. The molecule has 0 spiro atoms. The Hall–Kier alpha value is -3.41. The molecule has 3 heterocycles. The van der Waals surface area contributed by atoms with Gasteiger partial charge in [-0.25, -0.2) is 9.97 Å². The fourth-order valence-corrected chi connectivity index (χ4v) is 3.78. The van der Waals surface area contributed by atoms with Crippen LogP contribution in [-0.2, 0) is 4.79 Å². The summed E-state index contributed by atoms with van der Waals surface area (Å²) in [7, 11) is 0. The summed E-state index contributed by atoms with van der Waals surface area (Å²) in [5, 5.41) is 3.30. The normalized spacial score (nSPS) is 14.4. The summed E-state index contributed by atoms with van der Waals surface area (Å²) in [6, 6.07) is 17.7. The van der Waals surface area contributed by atoms with Gasteiger partial charge >= 0.3 is 0 Å². The molecule has 1 saturated heterocycles. The molecule has 3 aromatic rings. The topological polar surface area (TPSA) is 67.4 Å². The third-order valence-corrected chi connectivity index (χ3v) is 5.41. The van der Waals surface area contributed by atoms with Crippen LogP contribution >= 0.6 is 0 Å². The second kappa shape index (κ2) is 8.95. The van der Waals surface area contributed by atoms with Gasteiger partial charge in [0.2, 0.25) is 11.8 Å². The van der Waals surface area contributed by atoms with Crippen molar-refractivity contribution >= 4 is 17.4 Å². The molecule has 1 fully saturated rings. The second-order valence-electron chi connectivity index (χ2n) is 7.59. The first kappa shape index (κ1) is 19.9. The van der Waals surface area contributed by atoms with Crippen molar-refractivity contribution in [2.45, 2.75) is 32.6 Å². The SMILES string of the molecule is CC(=O)N1CCC(c2cccnc2Oc2ccc(Nc3cccc(C)n3)cc2)CC1. The van der Waals surface area contributed by atoms with Crippen LogP contribution in [0.25, 0.3) is 0 Å². The number of amides is 1. The number of nitrogens with one attached hydrogen (secondary N) is 1. The molecule has 0 unspecified atom stereocenters. The molecule has 6 heteroatoms. The zero-order valence-corrected chi connectivity index (χ0v) is 17.3. The molecule has 154 valence electrons. The molecule has 0 aliphatic carbocycles. The number of nitrogens with zero attached hydrogens (tertiary/aromatic N) is 3. The summed E-state index contributed by atoms with van der Waals surface area (Å²) in [5.74, 6) is 2.68. The van der Waals surface area contributed by atoms with E-state index >= 15 is 0 Å². The lowest BCUT2D eigenvalue weighted by Gasteiger charge is -2.31. The molecular weight excluding hydrogens is 376 g/mol. The molecule has 0 bridgehead atoms. The fourth-order valence-electron chi connectivity index (χ4n) is 3.78. The Labute approximate surface area is 176 Å². The maximum absolute atomic E-state index is 11.6. The lowest BCUT2D eigenvalue weighted by molar-refractivity contribution is -0.129. The number of aromatic nitrogens is 2. The predicted molar refractivity (Wildman–Crippen MR) is 117 cm³/mol. The van der Waals surface area contributed by atoms with Crippen molar-refractivity contribution in [2.24, 2.45) is 0 Å². The molecule has 0 radical (unpaired) electrons. The van der Waals surface area contributed by atoms with Gasteiger partial charge < -0.3 is 15.0 Å². The van der Waals surface area contributed by atoms with Gasteiger partial charge in [-0.3, -0.25) is 4.79 Å². The monoisotopic (exact) mass is 402 g/mol. The van der Waals surface area contributed by atoms with Crippen LogP contribution in [0.15, 0.2) is 60.8 Å². The number of hydrogen-bond donors (Lipinski definition) is 1. The Morgan fingerprint density at radius 3 is 2.53 bits per heavy atom. The zero-order chi connectivity index (χ0) is 20.9. The average Bonchev–Trinajstić information content (AvgIpc) is 2.76. The minimum Gasteiger partial charge on any atom is -0.439 e. The van der Waals surface area contributed by atoms with Gasteiger partial charge in [0.1, 0.15) is 11.6 Å². The van der Waals surface area contributed by atoms with Crippen LogP contribution in [0, 0.1) is 6.92 Å². The maximum atomic E-state index is 11.6. The van der Waals surface area contributed by atoms with Gasteiger partial charge in [-0.2, -0.15) is 0 Å². The summed E-state index contributed by atoms with van der Waals surface area (Å²) in [6.45, 7) is 5.16. The number of rotatable bonds is 5. The first-order chi connectivity index (χ1) is 14.6. The minimum atomic E-state index is 0.144. The number of ether oxygens (including phenoxy) is 1. The van der Waals surface area contributed by atoms with E-state index in [1.807, 2.05) is 60.4 Å². The Morgan fingerprint density at radius 1 is 1.07 bits per heavy atom. The van der Waals surface area contributed by atoms with Crippen LogP contribution in [0.4, 0.5) is 11.5 Å². The summed E-state index contributed by atoms with van der Waals surface area (Å²) >= 11 is 0. The molecule has 1 aliphatic rings. The van der Waals surface area contributed by atoms with E-state index in [1.54, 1.807) is 13.1 Å². The van der Waals surface area contributed by atoms with E-state index < -0.39 is 0 Å². The van der Waals surface area contributed by atoms with Gasteiger partial charge in [-0.1, -0.05) is 12.1 Å². The lowest BCUT2D eigenvalue weighted by atomic mass is 9.90. The highest BCUT2D eigenvalue weighted by Crippen LogP contribution is 2.35. The molecule has 1 amide bonds. The molecule has 0 atom stereocenters. The van der Waals surface area contributed by atoms with E-state index in [4.69, 9.17) is 4.74 Å². The van der Waals surface area contributed by atoms with Crippen LogP contribution < -0.4 is 10.1 Å². The van der Waals surface area contributed by atoms with E-state index in [2.05, 4.69) is 21.4 Å². The fraction of sp³-hybridized carbons (Fsp3) is 0.292. The first-order valence-corrected chi connectivity index (χ1v) is 10.3. The maximum Gasteiger partial charge on any atom is 0.222 e. The lowest BCUT2D eigenvalue weighted by Crippen LogP contribution is -2.36. The van der Waals surface area contributed by atoms with Crippen molar-refractivity contribution in [3.8, 4) is 11.6 Å².